The van der Waals surface area contributed by atoms with E-state index in [0.717, 1.165) is 116 Å². The Kier molecular flexibility index (Phi) is 14.2. The summed E-state index contributed by atoms with van der Waals surface area (Å²) in [5, 5.41) is 0. The normalized spacial score (nSPS) is 12.6. The summed E-state index contributed by atoms with van der Waals surface area (Å²) in [7, 11) is 0. The molecule has 2 aromatic heterocycles. The number of rotatable bonds is 8. The zero-order chi connectivity index (χ0) is 58.8. The molecule has 1 aliphatic heterocycles. The Labute approximate surface area is 511 Å². The number of imidazole rings is 1. The quantitative estimate of drug-likeness (QED) is 0.152. The van der Waals surface area contributed by atoms with Crippen LogP contribution in [-0.4, -0.2) is 14.1 Å². The molecule has 0 N–H and O–H groups in total. The molecule has 0 aliphatic carbocycles. The SMILES string of the molecule is CC(C)(C)c1cc(Oc2ccc3c(c2)N(c2cc(C(C)(C)C)ccn2)c2ccc(C(C)(C)C)cc2-c2ccccc2N(c2ccccc2)c2ccccc2-3)cc(-n2[c](=[Pt])n(-c3c(-c4ccccc4)cccc3-c3ccccc3)c3ccccc32)c1. The second-order valence-corrected chi connectivity index (χ2v) is 26.3. The van der Waals surface area contributed by atoms with E-state index < -0.39 is 0 Å². The molecular formula is C78H69N5OPt. The van der Waals surface area contributed by atoms with Crippen molar-refractivity contribution in [2.24, 2.45) is 0 Å². The minimum atomic E-state index is -0.234. The Morgan fingerprint density at radius 2 is 0.847 bits per heavy atom. The molecule has 13 rings (SSSR count). The molecule has 10 aromatic carbocycles. The Morgan fingerprint density at radius 3 is 1.46 bits per heavy atom. The van der Waals surface area contributed by atoms with Gasteiger partial charge in [0.1, 0.15) is 0 Å². The van der Waals surface area contributed by atoms with Crippen LogP contribution >= 0.6 is 0 Å². The van der Waals surface area contributed by atoms with E-state index in [1.165, 1.54) is 11.1 Å². The first kappa shape index (κ1) is 55.1. The predicted molar refractivity (Wildman–Crippen MR) is 351 cm³/mol. The maximum absolute atomic E-state index is 7.44. The van der Waals surface area contributed by atoms with Crippen molar-refractivity contribution in [3.05, 3.63) is 275 Å². The van der Waals surface area contributed by atoms with E-state index in [0.29, 0.717) is 5.75 Å². The zero-order valence-electron chi connectivity index (χ0n) is 49.7. The van der Waals surface area contributed by atoms with Crippen molar-refractivity contribution < 1.29 is 24.1 Å². The van der Waals surface area contributed by atoms with E-state index in [4.69, 9.17) is 9.72 Å². The summed E-state index contributed by atoms with van der Waals surface area (Å²) in [6, 6.07) is 90.2. The van der Waals surface area contributed by atoms with Crippen LogP contribution in [0.4, 0.5) is 34.3 Å². The third kappa shape index (κ3) is 10.4. The van der Waals surface area contributed by atoms with Gasteiger partial charge in [-0.15, -0.1) is 0 Å². The molecular weight excluding hydrogens is 1220 g/mol. The van der Waals surface area contributed by atoms with Gasteiger partial charge in [0.2, 0.25) is 0 Å². The number of hydrogen-bond acceptors (Lipinski definition) is 4. The molecule has 0 fully saturated rings. The first-order valence-electron chi connectivity index (χ1n) is 29.3. The van der Waals surface area contributed by atoms with Crippen LogP contribution < -0.4 is 14.5 Å². The third-order valence-corrected chi connectivity index (χ3v) is 17.4. The van der Waals surface area contributed by atoms with Crippen molar-refractivity contribution >= 4 is 45.3 Å². The van der Waals surface area contributed by atoms with E-state index in [-0.39, 0.29) is 16.2 Å². The number of anilines is 6. The molecule has 0 amide bonds. The molecule has 422 valence electrons. The van der Waals surface area contributed by atoms with Gasteiger partial charge >= 0.3 is 332 Å². The van der Waals surface area contributed by atoms with Gasteiger partial charge < -0.3 is 4.90 Å². The van der Waals surface area contributed by atoms with Crippen LogP contribution in [0.25, 0.3) is 66.9 Å². The molecule has 85 heavy (non-hydrogen) atoms. The average molecular weight is 1290 g/mol. The van der Waals surface area contributed by atoms with Crippen LogP contribution in [0.15, 0.2) is 255 Å². The molecule has 3 heterocycles. The summed E-state index contributed by atoms with van der Waals surface area (Å²) in [4.78, 5) is 10.1. The standard InChI is InChI=1S/C78H69N5O.Pt/c1-76(2,3)55-40-43-70-67(48-55)65-33-20-22-37-69(65)82(58-30-17-12-18-31-58)68-36-21-19-32-64(68)66-42-41-60(51-73(66)83(70)74-49-56(44-45-79-74)77(4,5)6)84-61-47-57(78(7,8)9)46-59(50-61)80-52-81(72-39-24-23-38-71(72)80)75-62(53-26-13-10-14-27-53)34-25-35-63(75)54-28-15-11-16-29-54;/h10-51H,1-9H3;. The van der Waals surface area contributed by atoms with E-state index in [1.807, 2.05) is 6.20 Å². The van der Waals surface area contributed by atoms with Crippen LogP contribution in [0.1, 0.15) is 79.0 Å². The van der Waals surface area contributed by atoms with Crippen molar-refractivity contribution in [3.8, 4) is 67.4 Å². The van der Waals surface area contributed by atoms with Crippen LogP contribution in [0.2, 0.25) is 0 Å². The van der Waals surface area contributed by atoms with Crippen molar-refractivity contribution in [1.82, 2.24) is 14.1 Å². The van der Waals surface area contributed by atoms with E-state index >= 15 is 0 Å². The molecule has 0 saturated heterocycles. The summed E-state index contributed by atoms with van der Waals surface area (Å²) in [6.45, 7) is 20.5. The minimum absolute atomic E-state index is 0.136. The van der Waals surface area contributed by atoms with Crippen molar-refractivity contribution in [3.63, 3.8) is 0 Å². The second-order valence-electron chi connectivity index (χ2n) is 25.3. The van der Waals surface area contributed by atoms with E-state index in [9.17, 15) is 0 Å². The summed E-state index contributed by atoms with van der Waals surface area (Å²) in [5.74, 6) is 2.24. The van der Waals surface area contributed by atoms with Gasteiger partial charge in [-0.05, 0) is 58.4 Å². The number of aromatic nitrogens is 3. The fourth-order valence-corrected chi connectivity index (χ4v) is 13.1. The summed E-state index contributed by atoms with van der Waals surface area (Å²) < 4.78 is 13.3. The number of nitrogens with zero attached hydrogens (tertiary/aromatic N) is 5. The number of hydrogen-bond donors (Lipinski definition) is 0. The van der Waals surface area contributed by atoms with Crippen LogP contribution in [0.3, 0.4) is 0 Å². The summed E-state index contributed by atoms with van der Waals surface area (Å²) in [6.07, 6.45) is 1.97. The summed E-state index contributed by atoms with van der Waals surface area (Å²) >= 11 is 2.55. The second kappa shape index (κ2) is 21.8. The number of para-hydroxylation sites is 6. The van der Waals surface area contributed by atoms with Crippen LogP contribution in [0, 0.1) is 3.80 Å². The van der Waals surface area contributed by atoms with Gasteiger partial charge in [0.05, 0.1) is 5.69 Å². The molecule has 0 atom stereocenters. The van der Waals surface area contributed by atoms with Gasteiger partial charge in [-0.3, -0.25) is 0 Å². The van der Waals surface area contributed by atoms with E-state index in [1.54, 1.807) is 0 Å². The molecule has 7 heteroatoms. The fraction of sp³-hybridized carbons (Fsp3) is 0.154. The fourth-order valence-electron chi connectivity index (χ4n) is 12.0. The number of fused-ring (bicyclic) bond motifs is 7. The van der Waals surface area contributed by atoms with Crippen LogP contribution in [0.5, 0.6) is 11.5 Å². The Balaban J connectivity index is 1.05. The predicted octanol–water partition coefficient (Wildman–Crippen LogP) is 21.5. The third-order valence-electron chi connectivity index (χ3n) is 16.4. The first-order valence-corrected chi connectivity index (χ1v) is 30.5. The first-order chi connectivity index (χ1) is 41.0. The molecule has 12 aromatic rings. The molecule has 0 radical (unpaired) electrons. The number of benzene rings is 10. The molecule has 1 aliphatic rings. The monoisotopic (exact) mass is 1290 g/mol. The Bertz CT molecular complexity index is 4480. The van der Waals surface area contributed by atoms with Crippen LogP contribution in [-0.2, 0) is 35.6 Å². The zero-order valence-corrected chi connectivity index (χ0v) is 52.0. The number of ether oxygens (including phenoxy) is 1. The average Bonchev–Trinajstić information content (AvgIpc) is 2.31. The Morgan fingerprint density at radius 1 is 0.341 bits per heavy atom. The maximum atomic E-state index is 7.44. The van der Waals surface area contributed by atoms with E-state index in [2.05, 4.69) is 349 Å². The van der Waals surface area contributed by atoms with Gasteiger partial charge in [0.15, 0.2) is 0 Å². The number of pyridine rings is 1. The van der Waals surface area contributed by atoms with Gasteiger partial charge in [-0.1, -0.05) is 96.1 Å². The molecule has 0 spiro atoms. The van der Waals surface area contributed by atoms with Gasteiger partial charge in [0, 0.05) is 17.4 Å². The van der Waals surface area contributed by atoms with Crippen molar-refractivity contribution in [1.29, 1.82) is 0 Å². The van der Waals surface area contributed by atoms with Gasteiger partial charge in [-0.25, -0.2) is 0 Å². The molecule has 0 saturated carbocycles. The topological polar surface area (TPSA) is 38.5 Å². The van der Waals surface area contributed by atoms with Gasteiger partial charge in [-0.2, -0.15) is 0 Å². The summed E-state index contributed by atoms with van der Waals surface area (Å²) in [5.41, 5.74) is 21.4. The van der Waals surface area contributed by atoms with Crippen molar-refractivity contribution in [2.75, 3.05) is 9.80 Å². The molecule has 0 bridgehead atoms. The molecule has 6 nitrogen and oxygen atoms in total. The Hall–Kier alpha value is -9.09. The van der Waals surface area contributed by atoms with Crippen molar-refractivity contribution in [2.45, 2.75) is 78.6 Å². The van der Waals surface area contributed by atoms with Gasteiger partial charge in [0.25, 0.3) is 0 Å². The molecule has 0 unspecified atom stereocenters.